The molecule has 0 aliphatic carbocycles. The van der Waals surface area contributed by atoms with E-state index >= 15 is 0 Å². The molecule has 7 nitrogen and oxygen atoms in total. The van der Waals surface area contributed by atoms with E-state index in [0.717, 1.165) is 12.1 Å². The van der Waals surface area contributed by atoms with Gasteiger partial charge in [-0.2, -0.15) is 0 Å². The first-order valence-electron chi connectivity index (χ1n) is 10.6. The molecule has 1 aromatic heterocycles. The molecule has 1 atom stereocenters. The van der Waals surface area contributed by atoms with Gasteiger partial charge in [0.25, 0.3) is 5.56 Å². The van der Waals surface area contributed by atoms with Crippen molar-refractivity contribution in [2.24, 2.45) is 0 Å². The predicted molar refractivity (Wildman–Crippen MR) is 123 cm³/mol. The van der Waals surface area contributed by atoms with Gasteiger partial charge in [0.2, 0.25) is 5.91 Å². The molecule has 0 bridgehead atoms. The molecule has 3 rings (SSSR count). The number of nitrogens with zero attached hydrogens (tertiary/aromatic N) is 2. The number of rotatable bonds is 10. The summed E-state index contributed by atoms with van der Waals surface area (Å²) < 4.78 is 5.18. The molecule has 0 saturated heterocycles. The minimum Gasteiger partial charge on any atom is -0.383 e. The minimum atomic E-state index is -0.182. The van der Waals surface area contributed by atoms with Crippen LogP contribution in [-0.2, 0) is 16.1 Å². The number of aromatic amines is 1. The van der Waals surface area contributed by atoms with Crippen molar-refractivity contribution < 1.29 is 9.53 Å². The highest BCUT2D eigenvalue weighted by Crippen LogP contribution is 2.20. The van der Waals surface area contributed by atoms with Crippen LogP contribution in [0.1, 0.15) is 37.6 Å². The van der Waals surface area contributed by atoms with E-state index < -0.39 is 0 Å². The van der Waals surface area contributed by atoms with E-state index in [4.69, 9.17) is 4.74 Å². The zero-order chi connectivity index (χ0) is 22.2. The van der Waals surface area contributed by atoms with Gasteiger partial charge < -0.3 is 15.0 Å². The molecule has 1 heterocycles. The van der Waals surface area contributed by atoms with Gasteiger partial charge in [-0.25, -0.2) is 4.98 Å². The van der Waals surface area contributed by atoms with Crippen molar-refractivity contribution in [1.29, 1.82) is 0 Å². The monoisotopic (exact) mass is 422 g/mol. The number of hydrogen-bond acceptors (Lipinski definition) is 5. The van der Waals surface area contributed by atoms with Crippen LogP contribution in [0.25, 0.3) is 10.9 Å². The Morgan fingerprint density at radius 3 is 2.65 bits per heavy atom. The molecule has 0 aliphatic heterocycles. The third kappa shape index (κ3) is 6.23. The van der Waals surface area contributed by atoms with Gasteiger partial charge in [-0.15, -0.1) is 0 Å². The second-order valence-electron chi connectivity index (χ2n) is 7.71. The summed E-state index contributed by atoms with van der Waals surface area (Å²) in [6.45, 7) is 5.85. The van der Waals surface area contributed by atoms with Crippen molar-refractivity contribution in [2.45, 2.75) is 32.7 Å². The number of H-pyrrole nitrogens is 1. The smallest absolute Gasteiger partial charge is 0.258 e. The van der Waals surface area contributed by atoms with Crippen LogP contribution in [0.15, 0.2) is 53.3 Å². The van der Waals surface area contributed by atoms with Crippen molar-refractivity contribution in [2.75, 3.05) is 32.1 Å². The van der Waals surface area contributed by atoms with E-state index in [2.05, 4.69) is 41.3 Å². The van der Waals surface area contributed by atoms with Crippen molar-refractivity contribution in [3.05, 3.63) is 70.3 Å². The fourth-order valence-electron chi connectivity index (χ4n) is 3.39. The summed E-state index contributed by atoms with van der Waals surface area (Å²) in [6, 6.07) is 15.2. The summed E-state index contributed by atoms with van der Waals surface area (Å²) >= 11 is 0. The molecule has 31 heavy (non-hydrogen) atoms. The number of benzene rings is 2. The largest absolute Gasteiger partial charge is 0.383 e. The molecule has 7 heteroatoms. The summed E-state index contributed by atoms with van der Waals surface area (Å²) in [5.74, 6) is 0.881. The molecular weight excluding hydrogens is 392 g/mol. The quantitative estimate of drug-likeness (QED) is 0.522. The van der Waals surface area contributed by atoms with E-state index in [9.17, 15) is 9.59 Å². The number of para-hydroxylation sites is 1. The third-order valence-corrected chi connectivity index (χ3v) is 5.39. The molecule has 0 spiro atoms. The lowest BCUT2D eigenvalue weighted by Crippen LogP contribution is -2.36. The van der Waals surface area contributed by atoms with Gasteiger partial charge in [-0.3, -0.25) is 14.5 Å². The van der Waals surface area contributed by atoms with E-state index in [1.807, 2.05) is 35.2 Å². The number of aromatic nitrogens is 2. The van der Waals surface area contributed by atoms with Crippen LogP contribution in [0.5, 0.6) is 0 Å². The van der Waals surface area contributed by atoms with Crippen LogP contribution in [0.2, 0.25) is 0 Å². The second-order valence-corrected chi connectivity index (χ2v) is 7.71. The lowest BCUT2D eigenvalue weighted by Gasteiger charge is -2.21. The van der Waals surface area contributed by atoms with Gasteiger partial charge in [0.05, 0.1) is 30.6 Å². The Balaban J connectivity index is 1.68. The van der Waals surface area contributed by atoms with Crippen molar-refractivity contribution >= 4 is 22.5 Å². The van der Waals surface area contributed by atoms with E-state index in [1.54, 1.807) is 13.2 Å². The van der Waals surface area contributed by atoms with Gasteiger partial charge in [0.1, 0.15) is 5.82 Å². The molecule has 3 aromatic rings. The van der Waals surface area contributed by atoms with Gasteiger partial charge in [0.15, 0.2) is 0 Å². The van der Waals surface area contributed by atoms with Crippen LogP contribution in [0.4, 0.5) is 5.69 Å². The number of fused-ring (bicyclic) bond motifs is 1. The van der Waals surface area contributed by atoms with Crippen molar-refractivity contribution in [3.8, 4) is 0 Å². The number of methoxy groups -OCH3 is 1. The highest BCUT2D eigenvalue weighted by Gasteiger charge is 2.14. The Labute approximate surface area is 182 Å². The molecule has 0 saturated carbocycles. The molecule has 0 unspecified atom stereocenters. The SMILES string of the molecule is CC[C@@H](C)c1ccc(NC(=O)CN(CCOC)Cc2nc3ccccc3c(=O)[nH]2)cc1. The fourth-order valence-corrected chi connectivity index (χ4v) is 3.39. The zero-order valence-corrected chi connectivity index (χ0v) is 18.4. The van der Waals surface area contributed by atoms with Crippen molar-refractivity contribution in [1.82, 2.24) is 14.9 Å². The molecule has 164 valence electrons. The number of anilines is 1. The molecule has 0 radical (unpaired) electrons. The summed E-state index contributed by atoms with van der Waals surface area (Å²) in [7, 11) is 1.62. The average Bonchev–Trinajstić information content (AvgIpc) is 2.77. The third-order valence-electron chi connectivity index (χ3n) is 5.39. The Bertz CT molecular complexity index is 1060. The van der Waals surface area contributed by atoms with E-state index in [-0.39, 0.29) is 18.0 Å². The van der Waals surface area contributed by atoms with E-state index in [1.165, 1.54) is 5.56 Å². The number of amides is 1. The molecule has 0 aliphatic rings. The number of hydrogen-bond donors (Lipinski definition) is 2. The molecule has 2 N–H and O–H groups in total. The maximum absolute atomic E-state index is 12.6. The van der Waals surface area contributed by atoms with E-state index in [0.29, 0.717) is 42.3 Å². The Morgan fingerprint density at radius 2 is 1.94 bits per heavy atom. The number of nitrogens with one attached hydrogen (secondary N) is 2. The molecular formula is C24H30N4O3. The Kier molecular flexibility index (Phi) is 7.92. The fraction of sp³-hybridized carbons (Fsp3) is 0.375. The van der Waals surface area contributed by atoms with Crippen LogP contribution in [0, 0.1) is 0 Å². The Morgan fingerprint density at radius 1 is 1.19 bits per heavy atom. The Hall–Kier alpha value is -3.03. The number of carbonyl (C=O) groups excluding carboxylic acids is 1. The summed E-state index contributed by atoms with van der Waals surface area (Å²) in [5, 5.41) is 3.50. The topological polar surface area (TPSA) is 87.3 Å². The second kappa shape index (κ2) is 10.8. The highest BCUT2D eigenvalue weighted by molar-refractivity contribution is 5.92. The highest BCUT2D eigenvalue weighted by atomic mass is 16.5. The lowest BCUT2D eigenvalue weighted by atomic mass is 9.99. The van der Waals surface area contributed by atoms with Crippen LogP contribution < -0.4 is 10.9 Å². The maximum atomic E-state index is 12.6. The van der Waals surface area contributed by atoms with Crippen LogP contribution in [-0.4, -0.2) is 47.6 Å². The normalized spacial score (nSPS) is 12.3. The number of carbonyl (C=O) groups is 1. The lowest BCUT2D eigenvalue weighted by molar-refractivity contribution is -0.117. The number of ether oxygens (including phenoxy) is 1. The molecule has 1 amide bonds. The van der Waals surface area contributed by atoms with Crippen LogP contribution >= 0.6 is 0 Å². The zero-order valence-electron chi connectivity index (χ0n) is 18.4. The summed E-state index contributed by atoms with van der Waals surface area (Å²) in [5.41, 5.74) is 2.48. The average molecular weight is 423 g/mol. The first-order valence-corrected chi connectivity index (χ1v) is 10.6. The predicted octanol–water partition coefficient (Wildman–Crippen LogP) is 3.52. The maximum Gasteiger partial charge on any atom is 0.258 e. The first-order chi connectivity index (χ1) is 15.0. The molecule has 2 aromatic carbocycles. The van der Waals surface area contributed by atoms with Crippen molar-refractivity contribution in [3.63, 3.8) is 0 Å². The summed E-state index contributed by atoms with van der Waals surface area (Å²) in [4.78, 5) is 34.2. The summed E-state index contributed by atoms with van der Waals surface area (Å²) in [6.07, 6.45) is 1.07. The van der Waals surface area contributed by atoms with Gasteiger partial charge in [-0.05, 0) is 42.2 Å². The van der Waals surface area contributed by atoms with Crippen LogP contribution in [0.3, 0.4) is 0 Å². The standard InChI is InChI=1S/C24H30N4O3/c1-4-17(2)18-9-11-19(12-10-18)25-23(29)16-28(13-14-31-3)15-22-26-21-8-6-5-7-20(21)24(30)27-22/h5-12,17H,4,13-16H2,1-3H3,(H,25,29)(H,26,27,30)/t17-/m1/s1. The minimum absolute atomic E-state index is 0.129. The van der Waals surface area contributed by atoms with Gasteiger partial charge in [-0.1, -0.05) is 38.1 Å². The van der Waals surface area contributed by atoms with Gasteiger partial charge >= 0.3 is 0 Å². The first kappa shape index (κ1) is 22.7. The molecule has 0 fully saturated rings. The van der Waals surface area contributed by atoms with Gasteiger partial charge in [0, 0.05) is 19.3 Å².